The molecule has 0 saturated carbocycles. The molecule has 0 aliphatic carbocycles. The average Bonchev–Trinajstić information content (AvgIpc) is 2.94. The molecule has 2 heterocycles. The predicted octanol–water partition coefficient (Wildman–Crippen LogP) is 2.06. The molecule has 2 rings (SSSR count). The summed E-state index contributed by atoms with van der Waals surface area (Å²) in [7, 11) is 0. The lowest BCUT2D eigenvalue weighted by Crippen LogP contribution is -2.23. The fraction of sp³-hybridized carbons (Fsp3) is 0.143. The number of thiophene rings is 1. The monoisotopic (exact) mass is 316 g/mol. The molecular formula is C14H9FN4O2S. The minimum absolute atomic E-state index is 0.113. The molecule has 110 valence electrons. The molecule has 8 heteroatoms. The van der Waals surface area contributed by atoms with Gasteiger partial charge < -0.3 is 9.88 Å². The first kappa shape index (κ1) is 15.4. The second kappa shape index (κ2) is 6.20. The maximum Gasteiger partial charge on any atom is 0.286 e. The van der Waals surface area contributed by atoms with Crippen molar-refractivity contribution >= 4 is 22.9 Å². The number of nitriles is 2. The molecule has 0 aliphatic rings. The number of nitrogens with one attached hydrogen (secondary N) is 1. The van der Waals surface area contributed by atoms with Crippen LogP contribution in [0.5, 0.6) is 0 Å². The van der Waals surface area contributed by atoms with Crippen molar-refractivity contribution in [1.82, 2.24) is 4.57 Å². The molecule has 0 saturated heterocycles. The molecule has 0 spiro atoms. The second-order valence-electron chi connectivity index (χ2n) is 4.20. The largest absolute Gasteiger partial charge is 0.320 e. The summed E-state index contributed by atoms with van der Waals surface area (Å²) in [4.78, 5) is 23.8. The van der Waals surface area contributed by atoms with Crippen LogP contribution in [0.4, 0.5) is 10.1 Å². The Kier molecular flexibility index (Phi) is 4.35. The molecule has 0 aromatic carbocycles. The van der Waals surface area contributed by atoms with E-state index in [1.54, 1.807) is 6.92 Å². The molecule has 22 heavy (non-hydrogen) atoms. The zero-order chi connectivity index (χ0) is 16.3. The van der Waals surface area contributed by atoms with E-state index in [1.165, 1.54) is 12.3 Å². The van der Waals surface area contributed by atoms with Gasteiger partial charge in [0.15, 0.2) is 5.82 Å². The molecule has 6 nitrogen and oxygen atoms in total. The number of hydrogen-bond donors (Lipinski definition) is 1. The van der Waals surface area contributed by atoms with Gasteiger partial charge in [0.25, 0.3) is 11.5 Å². The van der Waals surface area contributed by atoms with E-state index < -0.39 is 17.3 Å². The molecule has 0 unspecified atom stereocenters. The third-order valence-corrected chi connectivity index (χ3v) is 3.86. The van der Waals surface area contributed by atoms with Gasteiger partial charge in [0.1, 0.15) is 17.0 Å². The number of aryl methyl sites for hydroxylation is 1. The van der Waals surface area contributed by atoms with Gasteiger partial charge in [0.2, 0.25) is 0 Å². The van der Waals surface area contributed by atoms with Crippen LogP contribution in [0, 0.1) is 28.5 Å². The molecule has 2 aromatic heterocycles. The summed E-state index contributed by atoms with van der Waals surface area (Å²) < 4.78 is 14.6. The highest BCUT2D eigenvalue weighted by atomic mass is 32.1. The minimum atomic E-state index is -0.971. The van der Waals surface area contributed by atoms with Crippen molar-refractivity contribution in [3.05, 3.63) is 49.8 Å². The van der Waals surface area contributed by atoms with Gasteiger partial charge in [-0.05, 0) is 13.0 Å². The predicted molar refractivity (Wildman–Crippen MR) is 78.0 cm³/mol. The Morgan fingerprint density at radius 2 is 2.14 bits per heavy atom. The highest BCUT2D eigenvalue weighted by Crippen LogP contribution is 2.22. The standard InChI is InChI=1S/C14H9FN4O2S/c1-2-19-7-9(4-10(15)14(19)21)18-13(20)11-3-8(5-16)12(6-17)22-11/h3-4,7H,2H2,1H3,(H,18,20). The van der Waals surface area contributed by atoms with Gasteiger partial charge in [-0.3, -0.25) is 9.59 Å². The number of hydrogen-bond acceptors (Lipinski definition) is 5. The van der Waals surface area contributed by atoms with Crippen molar-refractivity contribution in [1.29, 1.82) is 10.5 Å². The van der Waals surface area contributed by atoms with Crippen LogP contribution in [0.3, 0.4) is 0 Å². The summed E-state index contributed by atoms with van der Waals surface area (Å²) >= 11 is 0.871. The number of pyridine rings is 1. The number of rotatable bonds is 3. The molecular weight excluding hydrogens is 307 g/mol. The van der Waals surface area contributed by atoms with Crippen LogP contribution in [0.25, 0.3) is 0 Å². The van der Waals surface area contributed by atoms with Gasteiger partial charge in [0.05, 0.1) is 16.1 Å². The third-order valence-electron chi connectivity index (χ3n) is 2.82. The molecule has 0 bridgehead atoms. The van der Waals surface area contributed by atoms with Gasteiger partial charge in [-0.2, -0.15) is 10.5 Å². The van der Waals surface area contributed by atoms with Crippen LogP contribution < -0.4 is 10.9 Å². The van der Waals surface area contributed by atoms with E-state index in [4.69, 9.17) is 10.5 Å². The fourth-order valence-electron chi connectivity index (χ4n) is 1.76. The highest BCUT2D eigenvalue weighted by molar-refractivity contribution is 7.14. The Balaban J connectivity index is 2.32. The zero-order valence-corrected chi connectivity index (χ0v) is 12.2. The highest BCUT2D eigenvalue weighted by Gasteiger charge is 2.15. The normalized spacial score (nSPS) is 9.82. The molecule has 1 amide bonds. The smallest absolute Gasteiger partial charge is 0.286 e. The number of carbonyl (C=O) groups excluding carboxylic acids is 1. The summed E-state index contributed by atoms with van der Waals surface area (Å²) in [5.41, 5.74) is -0.535. The lowest BCUT2D eigenvalue weighted by Gasteiger charge is -2.07. The van der Waals surface area contributed by atoms with E-state index in [1.807, 2.05) is 12.1 Å². The number of halogens is 1. The number of carbonyl (C=O) groups is 1. The van der Waals surface area contributed by atoms with Gasteiger partial charge in [0, 0.05) is 18.8 Å². The quantitative estimate of drug-likeness (QED) is 0.937. The van der Waals surface area contributed by atoms with Crippen molar-refractivity contribution in [2.24, 2.45) is 0 Å². The van der Waals surface area contributed by atoms with Gasteiger partial charge in [-0.1, -0.05) is 0 Å². The van der Waals surface area contributed by atoms with Gasteiger partial charge >= 0.3 is 0 Å². The maximum atomic E-state index is 13.5. The Bertz CT molecular complexity index is 854. The Hall–Kier alpha value is -2.97. The summed E-state index contributed by atoms with van der Waals surface area (Å²) in [5, 5.41) is 20.2. The van der Waals surface area contributed by atoms with Crippen molar-refractivity contribution in [3.8, 4) is 12.1 Å². The molecule has 0 radical (unpaired) electrons. The van der Waals surface area contributed by atoms with E-state index in [2.05, 4.69) is 5.32 Å². The van der Waals surface area contributed by atoms with Crippen LogP contribution in [0.1, 0.15) is 27.0 Å². The molecule has 1 N–H and O–H groups in total. The first-order valence-electron chi connectivity index (χ1n) is 6.15. The van der Waals surface area contributed by atoms with Crippen molar-refractivity contribution in [3.63, 3.8) is 0 Å². The summed E-state index contributed by atoms with van der Waals surface area (Å²) in [5.74, 6) is -1.55. The topological polar surface area (TPSA) is 98.7 Å². The first-order valence-corrected chi connectivity index (χ1v) is 6.97. The van der Waals surface area contributed by atoms with Crippen molar-refractivity contribution in [2.45, 2.75) is 13.5 Å². The summed E-state index contributed by atoms with van der Waals surface area (Å²) in [6.45, 7) is 1.93. The molecule has 0 fully saturated rings. The number of aromatic nitrogens is 1. The van der Waals surface area contributed by atoms with Crippen molar-refractivity contribution < 1.29 is 9.18 Å². The van der Waals surface area contributed by atoms with Crippen LogP contribution in [-0.4, -0.2) is 10.5 Å². The SMILES string of the molecule is CCn1cc(NC(=O)c2cc(C#N)c(C#N)s2)cc(F)c1=O. The number of amides is 1. The Morgan fingerprint density at radius 1 is 1.41 bits per heavy atom. The molecule has 0 aliphatic heterocycles. The van der Waals surface area contributed by atoms with Crippen LogP contribution >= 0.6 is 11.3 Å². The van der Waals surface area contributed by atoms with E-state index >= 15 is 0 Å². The lowest BCUT2D eigenvalue weighted by molar-refractivity contribution is 0.103. The van der Waals surface area contributed by atoms with E-state index in [-0.39, 0.29) is 27.5 Å². The molecule has 2 aromatic rings. The minimum Gasteiger partial charge on any atom is -0.320 e. The fourth-order valence-corrected chi connectivity index (χ4v) is 2.56. The number of anilines is 1. The van der Waals surface area contributed by atoms with Crippen LogP contribution in [0.2, 0.25) is 0 Å². The Labute approximate surface area is 128 Å². The van der Waals surface area contributed by atoms with Gasteiger partial charge in [-0.15, -0.1) is 11.3 Å². The van der Waals surface area contributed by atoms with E-state index in [9.17, 15) is 14.0 Å². The summed E-state index contributed by atoms with van der Waals surface area (Å²) in [6, 6.07) is 5.88. The second-order valence-corrected chi connectivity index (χ2v) is 5.25. The average molecular weight is 316 g/mol. The first-order chi connectivity index (χ1) is 10.5. The summed E-state index contributed by atoms with van der Waals surface area (Å²) in [6.07, 6.45) is 1.33. The lowest BCUT2D eigenvalue weighted by atomic mass is 10.2. The third kappa shape index (κ3) is 2.87. The number of nitrogens with zero attached hydrogens (tertiary/aromatic N) is 3. The molecule has 0 atom stereocenters. The zero-order valence-electron chi connectivity index (χ0n) is 11.4. The van der Waals surface area contributed by atoms with Crippen LogP contribution in [0.15, 0.2) is 23.1 Å². The van der Waals surface area contributed by atoms with Gasteiger partial charge in [-0.25, -0.2) is 4.39 Å². The Morgan fingerprint density at radius 3 is 2.68 bits per heavy atom. The van der Waals surface area contributed by atoms with E-state index in [0.29, 0.717) is 0 Å². The van der Waals surface area contributed by atoms with Crippen LogP contribution in [-0.2, 0) is 6.54 Å². The maximum absolute atomic E-state index is 13.5. The van der Waals surface area contributed by atoms with E-state index in [0.717, 1.165) is 22.0 Å². The van der Waals surface area contributed by atoms with Crippen molar-refractivity contribution in [2.75, 3.05) is 5.32 Å².